The molecule has 1 aliphatic carbocycles. The molecule has 0 unspecified atom stereocenters. The van der Waals surface area contributed by atoms with Crippen molar-refractivity contribution in [2.45, 2.75) is 36.2 Å². The first-order chi connectivity index (χ1) is 8.25. The van der Waals surface area contributed by atoms with E-state index in [1.54, 1.807) is 0 Å². The van der Waals surface area contributed by atoms with Crippen LogP contribution in [0.15, 0.2) is 35.2 Å². The van der Waals surface area contributed by atoms with Gasteiger partial charge in [0.1, 0.15) is 0 Å². The number of rotatable bonds is 7. The summed E-state index contributed by atoms with van der Waals surface area (Å²) in [6.07, 6.45) is 3.86. The van der Waals surface area contributed by atoms with Crippen LogP contribution in [0.25, 0.3) is 0 Å². The van der Waals surface area contributed by atoms with Gasteiger partial charge in [-0.2, -0.15) is 0 Å². The lowest BCUT2D eigenvalue weighted by Gasteiger charge is -2.18. The Morgan fingerprint density at radius 3 is 2.61 bits per heavy atom. The average molecular weight is 287 g/mol. The third-order valence-corrected chi connectivity index (χ3v) is 4.43. The van der Waals surface area contributed by atoms with Crippen molar-refractivity contribution in [1.29, 1.82) is 0 Å². The van der Waals surface area contributed by atoms with Crippen molar-refractivity contribution in [2.75, 3.05) is 19.3 Å². The molecule has 0 amide bonds. The molecule has 0 aromatic heterocycles. The second-order valence-electron chi connectivity index (χ2n) is 4.88. The summed E-state index contributed by atoms with van der Waals surface area (Å²) in [5.41, 5.74) is 6.14. The highest BCUT2D eigenvalue weighted by Gasteiger charge is 2.25. The fourth-order valence-electron chi connectivity index (χ4n) is 1.87. The molecular formula is C14H23ClN2S. The van der Waals surface area contributed by atoms with E-state index in [0.29, 0.717) is 6.04 Å². The minimum atomic E-state index is 0. The lowest BCUT2D eigenvalue weighted by atomic mass is 10.2. The number of hydrogen-bond donors (Lipinski definition) is 1. The smallest absolute Gasteiger partial charge is 0.0146 e. The first kappa shape index (κ1) is 15.8. The maximum Gasteiger partial charge on any atom is 0.0146 e. The molecule has 0 spiro atoms. The van der Waals surface area contributed by atoms with Crippen LogP contribution in [-0.2, 0) is 0 Å². The average Bonchev–Trinajstić information content (AvgIpc) is 3.19. The number of hydrogen-bond acceptors (Lipinski definition) is 3. The van der Waals surface area contributed by atoms with E-state index in [0.717, 1.165) is 24.8 Å². The maximum absolute atomic E-state index is 6.14. The molecule has 1 aromatic carbocycles. The predicted molar refractivity (Wildman–Crippen MR) is 82.7 cm³/mol. The van der Waals surface area contributed by atoms with Gasteiger partial charge in [-0.05, 0) is 45.0 Å². The van der Waals surface area contributed by atoms with Gasteiger partial charge in [0.15, 0.2) is 0 Å². The minimum absolute atomic E-state index is 0. The molecule has 1 aromatic rings. The second kappa shape index (κ2) is 8.05. The van der Waals surface area contributed by atoms with Crippen LogP contribution < -0.4 is 5.73 Å². The quantitative estimate of drug-likeness (QED) is 0.782. The molecule has 0 radical (unpaired) electrons. The number of thioether (sulfide) groups is 1. The van der Waals surface area contributed by atoms with Gasteiger partial charge >= 0.3 is 0 Å². The van der Waals surface area contributed by atoms with Crippen molar-refractivity contribution in [2.24, 2.45) is 5.73 Å². The van der Waals surface area contributed by atoms with Crippen LogP contribution in [0.1, 0.15) is 19.3 Å². The predicted octanol–water partition coefficient (Wildman–Crippen LogP) is 3.01. The summed E-state index contributed by atoms with van der Waals surface area (Å²) in [6, 6.07) is 11.7. The van der Waals surface area contributed by atoms with Gasteiger partial charge in [0.25, 0.3) is 0 Å². The Balaban J connectivity index is 0.00000162. The fourth-order valence-corrected chi connectivity index (χ4v) is 2.79. The van der Waals surface area contributed by atoms with E-state index >= 15 is 0 Å². The first-order valence-corrected chi connectivity index (χ1v) is 7.38. The van der Waals surface area contributed by atoms with Crippen LogP contribution in [0.5, 0.6) is 0 Å². The molecular weight excluding hydrogens is 264 g/mol. The van der Waals surface area contributed by atoms with Crippen LogP contribution in [0.2, 0.25) is 0 Å². The Bertz CT molecular complexity index is 330. The number of nitrogens with two attached hydrogens (primary N) is 1. The Morgan fingerprint density at radius 1 is 1.33 bits per heavy atom. The molecule has 1 atom stereocenters. The molecule has 0 aliphatic heterocycles. The highest BCUT2D eigenvalue weighted by Crippen LogP contribution is 2.25. The van der Waals surface area contributed by atoms with Gasteiger partial charge in [-0.3, -0.25) is 0 Å². The summed E-state index contributed by atoms with van der Waals surface area (Å²) in [6.45, 7) is 1.14. The van der Waals surface area contributed by atoms with E-state index in [2.05, 4.69) is 42.3 Å². The molecule has 1 saturated carbocycles. The van der Waals surface area contributed by atoms with Crippen molar-refractivity contribution in [3.8, 4) is 0 Å². The Kier molecular flexibility index (Phi) is 7.08. The van der Waals surface area contributed by atoms with Gasteiger partial charge in [-0.1, -0.05) is 18.2 Å². The van der Waals surface area contributed by atoms with E-state index in [9.17, 15) is 0 Å². The van der Waals surface area contributed by atoms with Crippen LogP contribution >= 0.6 is 24.2 Å². The van der Waals surface area contributed by atoms with Gasteiger partial charge in [0, 0.05) is 22.7 Å². The van der Waals surface area contributed by atoms with Crippen molar-refractivity contribution in [1.82, 2.24) is 4.90 Å². The number of benzene rings is 1. The topological polar surface area (TPSA) is 29.3 Å². The minimum Gasteiger partial charge on any atom is -0.327 e. The fraction of sp³-hybridized carbons (Fsp3) is 0.571. The molecule has 0 saturated heterocycles. The van der Waals surface area contributed by atoms with Crippen LogP contribution in [0, 0.1) is 0 Å². The molecule has 1 fully saturated rings. The zero-order chi connectivity index (χ0) is 12.1. The Hall–Kier alpha value is -0.220. The Morgan fingerprint density at radius 2 is 2.00 bits per heavy atom. The van der Waals surface area contributed by atoms with Crippen molar-refractivity contribution in [3.63, 3.8) is 0 Å². The van der Waals surface area contributed by atoms with E-state index < -0.39 is 0 Å². The van der Waals surface area contributed by atoms with Crippen LogP contribution in [-0.4, -0.2) is 36.3 Å². The number of nitrogens with zero attached hydrogens (tertiary/aromatic N) is 1. The van der Waals surface area contributed by atoms with E-state index in [1.165, 1.54) is 17.7 Å². The molecule has 0 bridgehead atoms. The van der Waals surface area contributed by atoms with Crippen LogP contribution in [0.3, 0.4) is 0 Å². The molecule has 2 nitrogen and oxygen atoms in total. The second-order valence-corrected chi connectivity index (χ2v) is 5.98. The summed E-state index contributed by atoms with van der Waals surface area (Å²) in [4.78, 5) is 3.77. The van der Waals surface area contributed by atoms with Crippen molar-refractivity contribution in [3.05, 3.63) is 30.3 Å². The largest absolute Gasteiger partial charge is 0.327 e. The standard InChI is InChI=1S/C14H22N2S.ClH/c1-16(13-7-8-13)10-9-12(15)11-17-14-5-3-2-4-6-14;/h2-6,12-13H,7-11,15H2,1H3;1H/t12-;/m1./s1. The highest BCUT2D eigenvalue weighted by atomic mass is 35.5. The zero-order valence-electron chi connectivity index (χ0n) is 10.9. The third-order valence-electron chi connectivity index (χ3n) is 3.23. The third kappa shape index (κ3) is 5.61. The number of halogens is 1. The molecule has 102 valence electrons. The van der Waals surface area contributed by atoms with Crippen molar-refractivity contribution >= 4 is 24.2 Å². The van der Waals surface area contributed by atoms with Gasteiger partial charge in [0.2, 0.25) is 0 Å². The SMILES string of the molecule is CN(CC[C@@H](N)CSc1ccccc1)C1CC1.Cl. The van der Waals surface area contributed by atoms with Gasteiger partial charge in [-0.25, -0.2) is 0 Å². The summed E-state index contributed by atoms with van der Waals surface area (Å²) in [7, 11) is 2.22. The Labute approximate surface area is 121 Å². The first-order valence-electron chi connectivity index (χ1n) is 6.39. The van der Waals surface area contributed by atoms with Crippen molar-refractivity contribution < 1.29 is 0 Å². The van der Waals surface area contributed by atoms with Gasteiger partial charge < -0.3 is 10.6 Å². The summed E-state index contributed by atoms with van der Waals surface area (Å²) < 4.78 is 0. The lowest BCUT2D eigenvalue weighted by Crippen LogP contribution is -2.30. The zero-order valence-corrected chi connectivity index (χ0v) is 12.6. The molecule has 0 heterocycles. The summed E-state index contributed by atoms with van der Waals surface area (Å²) in [5.74, 6) is 1.02. The monoisotopic (exact) mass is 286 g/mol. The van der Waals surface area contributed by atoms with E-state index in [-0.39, 0.29) is 12.4 Å². The van der Waals surface area contributed by atoms with E-state index in [4.69, 9.17) is 5.73 Å². The molecule has 2 rings (SSSR count). The molecule has 18 heavy (non-hydrogen) atoms. The van der Waals surface area contributed by atoms with Gasteiger partial charge in [-0.15, -0.1) is 24.2 Å². The van der Waals surface area contributed by atoms with E-state index in [1.807, 2.05) is 11.8 Å². The summed E-state index contributed by atoms with van der Waals surface area (Å²) in [5, 5.41) is 0. The highest BCUT2D eigenvalue weighted by molar-refractivity contribution is 7.99. The molecule has 1 aliphatic rings. The maximum atomic E-state index is 6.14. The van der Waals surface area contributed by atoms with Gasteiger partial charge in [0.05, 0.1) is 0 Å². The molecule has 4 heteroatoms. The summed E-state index contributed by atoms with van der Waals surface area (Å²) >= 11 is 1.86. The molecule has 2 N–H and O–H groups in total. The van der Waals surface area contributed by atoms with Crippen LogP contribution in [0.4, 0.5) is 0 Å². The lowest BCUT2D eigenvalue weighted by molar-refractivity contribution is 0.312. The normalized spacial score (nSPS) is 16.4.